The minimum absolute atomic E-state index is 0.137. The van der Waals surface area contributed by atoms with E-state index < -0.39 is 15.9 Å². The SMILES string of the molecule is CCOC(=O)N1CCN(Cc2ccc(N=C(c3ccccc3)C3C(=O)Nc4ccc(S(=O)(=O)NCC5CC5)cc43)cc2)CC1. The first-order chi connectivity index (χ1) is 21.3. The van der Waals surface area contributed by atoms with Gasteiger partial charge in [-0.15, -0.1) is 0 Å². The smallest absolute Gasteiger partial charge is 0.409 e. The summed E-state index contributed by atoms with van der Waals surface area (Å²) in [5.74, 6) is -0.622. The lowest BCUT2D eigenvalue weighted by Gasteiger charge is -2.34. The molecule has 3 aliphatic rings. The number of carbonyl (C=O) groups is 2. The van der Waals surface area contributed by atoms with Gasteiger partial charge in [-0.3, -0.25) is 14.7 Å². The number of piperazine rings is 1. The third-order valence-electron chi connectivity index (χ3n) is 8.26. The summed E-state index contributed by atoms with van der Waals surface area (Å²) < 4.78 is 33.9. The van der Waals surface area contributed by atoms with E-state index >= 15 is 0 Å². The van der Waals surface area contributed by atoms with Crippen molar-refractivity contribution in [2.24, 2.45) is 10.9 Å². The molecule has 2 fully saturated rings. The van der Waals surface area contributed by atoms with Gasteiger partial charge in [0, 0.05) is 45.0 Å². The third-order valence-corrected chi connectivity index (χ3v) is 9.68. The van der Waals surface area contributed by atoms with Crippen LogP contribution in [0.2, 0.25) is 0 Å². The molecule has 3 aromatic carbocycles. The molecule has 2 heterocycles. The number of nitrogens with one attached hydrogen (secondary N) is 2. The van der Waals surface area contributed by atoms with E-state index in [0.717, 1.165) is 43.6 Å². The number of rotatable bonds is 10. The number of hydrogen-bond acceptors (Lipinski definition) is 7. The molecule has 1 aliphatic carbocycles. The van der Waals surface area contributed by atoms with Gasteiger partial charge in [-0.2, -0.15) is 0 Å². The quantitative estimate of drug-likeness (QED) is 0.324. The Bertz CT molecular complexity index is 1650. The van der Waals surface area contributed by atoms with E-state index in [1.807, 2.05) is 61.5 Å². The number of carbonyl (C=O) groups excluding carboxylic acids is 2. The van der Waals surface area contributed by atoms with Crippen LogP contribution >= 0.6 is 0 Å². The number of fused-ring (bicyclic) bond motifs is 1. The summed E-state index contributed by atoms with van der Waals surface area (Å²) in [6, 6.07) is 22.2. The number of hydrogen-bond donors (Lipinski definition) is 2. The average molecular weight is 616 g/mol. The molecule has 0 aromatic heterocycles. The minimum atomic E-state index is -3.71. The Labute approximate surface area is 258 Å². The van der Waals surface area contributed by atoms with E-state index in [1.165, 1.54) is 6.07 Å². The van der Waals surface area contributed by atoms with Crippen LogP contribution in [0.5, 0.6) is 0 Å². The number of aliphatic imine (C=N–C) groups is 1. The maximum Gasteiger partial charge on any atom is 0.409 e. The molecule has 2 N–H and O–H groups in total. The second kappa shape index (κ2) is 12.9. The highest BCUT2D eigenvalue weighted by Crippen LogP contribution is 2.38. The molecule has 230 valence electrons. The van der Waals surface area contributed by atoms with E-state index in [9.17, 15) is 18.0 Å². The molecule has 1 atom stereocenters. The zero-order chi connectivity index (χ0) is 30.7. The summed E-state index contributed by atoms with van der Waals surface area (Å²) in [6.07, 6.45) is 1.82. The summed E-state index contributed by atoms with van der Waals surface area (Å²) >= 11 is 0. The van der Waals surface area contributed by atoms with Crippen LogP contribution in [0, 0.1) is 5.92 Å². The van der Waals surface area contributed by atoms with E-state index in [0.29, 0.717) is 54.8 Å². The Morgan fingerprint density at radius 3 is 2.41 bits per heavy atom. The molecule has 3 aromatic rings. The van der Waals surface area contributed by atoms with Crippen LogP contribution in [0.1, 0.15) is 42.4 Å². The van der Waals surface area contributed by atoms with Gasteiger partial charge in [-0.25, -0.2) is 17.9 Å². The van der Waals surface area contributed by atoms with E-state index in [4.69, 9.17) is 9.73 Å². The summed E-state index contributed by atoms with van der Waals surface area (Å²) in [4.78, 5) is 34.6. The van der Waals surface area contributed by atoms with Gasteiger partial charge >= 0.3 is 6.09 Å². The molecule has 6 rings (SSSR count). The lowest BCUT2D eigenvalue weighted by atomic mass is 9.90. The lowest BCUT2D eigenvalue weighted by Crippen LogP contribution is -2.48. The van der Waals surface area contributed by atoms with Gasteiger partial charge in [0.05, 0.1) is 22.9 Å². The van der Waals surface area contributed by atoms with E-state index in [1.54, 1.807) is 17.0 Å². The van der Waals surface area contributed by atoms with Crippen molar-refractivity contribution in [1.82, 2.24) is 14.5 Å². The molecule has 1 saturated carbocycles. The van der Waals surface area contributed by atoms with Gasteiger partial charge in [0.2, 0.25) is 15.9 Å². The maximum absolute atomic E-state index is 13.4. The zero-order valence-electron chi connectivity index (χ0n) is 24.7. The fourth-order valence-electron chi connectivity index (χ4n) is 5.59. The van der Waals surface area contributed by atoms with Crippen molar-refractivity contribution in [2.75, 3.05) is 44.6 Å². The predicted octanol–water partition coefficient (Wildman–Crippen LogP) is 4.51. The van der Waals surface area contributed by atoms with Gasteiger partial charge in [-0.1, -0.05) is 42.5 Å². The first kappa shape index (κ1) is 30.0. The summed E-state index contributed by atoms with van der Waals surface area (Å²) in [5.41, 5.74) is 4.31. The third kappa shape index (κ3) is 6.85. The van der Waals surface area contributed by atoms with Crippen LogP contribution < -0.4 is 10.0 Å². The molecule has 0 bridgehead atoms. The highest BCUT2D eigenvalue weighted by atomic mass is 32.2. The van der Waals surface area contributed by atoms with Crippen molar-refractivity contribution >= 4 is 39.1 Å². The molecule has 1 unspecified atom stereocenters. The highest BCUT2D eigenvalue weighted by molar-refractivity contribution is 7.89. The summed E-state index contributed by atoms with van der Waals surface area (Å²) in [7, 11) is -3.71. The minimum Gasteiger partial charge on any atom is -0.450 e. The second-order valence-corrected chi connectivity index (χ2v) is 13.2. The van der Waals surface area contributed by atoms with Crippen LogP contribution in [0.15, 0.2) is 82.7 Å². The molecule has 1 saturated heterocycles. The van der Waals surface area contributed by atoms with Crippen LogP contribution in [-0.4, -0.2) is 75.3 Å². The Kier molecular flexibility index (Phi) is 8.79. The summed E-state index contributed by atoms with van der Waals surface area (Å²) in [5, 5.41) is 2.92. The Balaban J connectivity index is 1.23. The fraction of sp³-hybridized carbons (Fsp3) is 0.364. The molecule has 44 heavy (non-hydrogen) atoms. The van der Waals surface area contributed by atoms with Crippen LogP contribution in [0.25, 0.3) is 0 Å². The highest BCUT2D eigenvalue weighted by Gasteiger charge is 2.37. The van der Waals surface area contributed by atoms with Crippen molar-refractivity contribution in [3.8, 4) is 0 Å². The first-order valence-corrected chi connectivity index (χ1v) is 16.6. The van der Waals surface area contributed by atoms with Crippen LogP contribution in [-0.2, 0) is 26.1 Å². The first-order valence-electron chi connectivity index (χ1n) is 15.1. The Hall–Kier alpha value is -4.06. The number of ether oxygens (including phenoxy) is 1. The number of anilines is 1. The number of benzene rings is 3. The topological polar surface area (TPSA) is 120 Å². The molecule has 0 radical (unpaired) electrons. The number of sulfonamides is 1. The normalized spacial score (nSPS) is 19.0. The summed E-state index contributed by atoms with van der Waals surface area (Å²) in [6.45, 7) is 6.15. The van der Waals surface area contributed by atoms with Crippen molar-refractivity contribution in [3.63, 3.8) is 0 Å². The monoisotopic (exact) mass is 615 g/mol. The zero-order valence-corrected chi connectivity index (χ0v) is 25.6. The molecule has 10 nitrogen and oxygen atoms in total. The molecule has 2 amide bonds. The van der Waals surface area contributed by atoms with Crippen molar-refractivity contribution < 1.29 is 22.7 Å². The van der Waals surface area contributed by atoms with Crippen molar-refractivity contribution in [1.29, 1.82) is 0 Å². The molecular formula is C33H37N5O5S. The lowest BCUT2D eigenvalue weighted by molar-refractivity contribution is -0.115. The van der Waals surface area contributed by atoms with Gasteiger partial charge < -0.3 is 15.0 Å². The maximum atomic E-state index is 13.4. The van der Waals surface area contributed by atoms with Gasteiger partial charge in [-0.05, 0) is 72.7 Å². The average Bonchev–Trinajstić information content (AvgIpc) is 3.81. The largest absolute Gasteiger partial charge is 0.450 e. The van der Waals surface area contributed by atoms with Gasteiger partial charge in [0.25, 0.3) is 0 Å². The molecule has 11 heteroatoms. The van der Waals surface area contributed by atoms with E-state index in [-0.39, 0.29) is 16.9 Å². The second-order valence-electron chi connectivity index (χ2n) is 11.5. The standard InChI is InChI=1S/C33H37N5O5S/c1-2-43-33(40)38-18-16-37(17-19-38)22-24-10-12-26(13-11-24)35-31(25-6-4-3-5-7-25)30-28-20-27(14-15-29(28)36-32(30)39)44(41,42)34-21-23-8-9-23/h3-7,10-15,20,23,30,34H,2,8-9,16-19,21-22H2,1H3,(H,36,39). The predicted molar refractivity (Wildman–Crippen MR) is 169 cm³/mol. The van der Waals surface area contributed by atoms with Crippen molar-refractivity contribution in [3.05, 3.63) is 89.5 Å². The molecule has 2 aliphatic heterocycles. The Morgan fingerprint density at radius 1 is 1.00 bits per heavy atom. The van der Waals surface area contributed by atoms with Gasteiger partial charge in [0.1, 0.15) is 5.92 Å². The Morgan fingerprint density at radius 2 is 1.73 bits per heavy atom. The van der Waals surface area contributed by atoms with Crippen molar-refractivity contribution in [2.45, 2.75) is 37.1 Å². The van der Waals surface area contributed by atoms with Crippen LogP contribution in [0.3, 0.4) is 0 Å². The van der Waals surface area contributed by atoms with Gasteiger partial charge in [0.15, 0.2) is 0 Å². The molecular weight excluding hydrogens is 578 g/mol. The van der Waals surface area contributed by atoms with Crippen LogP contribution in [0.4, 0.5) is 16.2 Å². The number of amides is 2. The molecule has 0 spiro atoms. The fourth-order valence-corrected chi connectivity index (χ4v) is 6.74. The number of nitrogens with zero attached hydrogens (tertiary/aromatic N) is 3. The van der Waals surface area contributed by atoms with E-state index in [2.05, 4.69) is 14.9 Å².